The summed E-state index contributed by atoms with van der Waals surface area (Å²) < 4.78 is -0.502. The van der Waals surface area contributed by atoms with E-state index in [1.54, 1.807) is 0 Å². The van der Waals surface area contributed by atoms with Gasteiger partial charge in [0.15, 0.2) is 13.1 Å². The smallest absolute Gasteiger partial charge is 0.359 e. The van der Waals surface area contributed by atoms with Crippen LogP contribution in [0.2, 0.25) is 0 Å². The predicted octanol–water partition coefficient (Wildman–Crippen LogP) is 3.76. The van der Waals surface area contributed by atoms with E-state index < -0.39 is 42.0 Å². The van der Waals surface area contributed by atoms with Crippen molar-refractivity contribution in [1.82, 2.24) is 0 Å². The summed E-state index contributed by atoms with van der Waals surface area (Å²) in [6.45, 7) is 0.814. The molecule has 2 N–H and O–H groups in total. The molecule has 0 aromatic carbocycles. The van der Waals surface area contributed by atoms with Crippen LogP contribution >= 0.6 is 0 Å². The third-order valence-corrected chi connectivity index (χ3v) is 5.55. The van der Waals surface area contributed by atoms with Crippen LogP contribution in [-0.2, 0) is 14.4 Å². The van der Waals surface area contributed by atoms with Gasteiger partial charge < -0.3 is 24.6 Å². The molecule has 0 aliphatic carbocycles. The van der Waals surface area contributed by atoms with E-state index in [2.05, 4.69) is 19.1 Å². The molecule has 180 valence electrons. The van der Waals surface area contributed by atoms with Crippen molar-refractivity contribution in [3.8, 4) is 0 Å². The van der Waals surface area contributed by atoms with E-state index in [4.69, 9.17) is 10.2 Å². The van der Waals surface area contributed by atoms with E-state index in [1.165, 1.54) is 51.4 Å². The van der Waals surface area contributed by atoms with Crippen molar-refractivity contribution in [2.24, 2.45) is 0 Å². The van der Waals surface area contributed by atoms with Crippen LogP contribution in [0.4, 0.5) is 0 Å². The maximum Gasteiger partial charge on any atom is 0.359 e. The first-order chi connectivity index (χ1) is 14.8. The first-order valence-electron chi connectivity index (χ1n) is 11.9. The van der Waals surface area contributed by atoms with Crippen molar-refractivity contribution in [1.29, 1.82) is 0 Å². The summed E-state index contributed by atoms with van der Waals surface area (Å²) in [7, 11) is 0. The number of allylic oxidation sites excluding steroid dienone is 2. The van der Waals surface area contributed by atoms with Gasteiger partial charge in [0.2, 0.25) is 0 Å². The van der Waals surface area contributed by atoms with Gasteiger partial charge in [0.1, 0.15) is 6.54 Å². The molecule has 7 heteroatoms. The molecule has 0 rings (SSSR count). The van der Waals surface area contributed by atoms with Crippen molar-refractivity contribution in [2.45, 2.75) is 96.8 Å². The van der Waals surface area contributed by atoms with Crippen LogP contribution in [0.25, 0.3) is 0 Å². The fourth-order valence-electron chi connectivity index (χ4n) is 3.95. The fourth-order valence-corrected chi connectivity index (χ4v) is 3.95. The second kappa shape index (κ2) is 18.8. The Labute approximate surface area is 187 Å². The standard InChI is InChI=1S/C24H43NO6/c1-2-3-4-5-6-7-8-9-10-11-12-13-14-15-16-17-18-25(19-22(26)27,20-23(28)29)21-24(30)31/h8-9H,2-7,10-21H2,1H3,(H2-,26,27,28,29,30,31)/b9-8+. The number of rotatable bonds is 22. The van der Waals surface area contributed by atoms with Crippen LogP contribution in [0.15, 0.2) is 12.2 Å². The minimum Gasteiger partial charge on any atom is -0.544 e. The average molecular weight is 442 g/mol. The third kappa shape index (κ3) is 18.6. The third-order valence-electron chi connectivity index (χ3n) is 5.55. The van der Waals surface area contributed by atoms with Crippen molar-refractivity contribution in [3.63, 3.8) is 0 Å². The van der Waals surface area contributed by atoms with Crippen LogP contribution in [0, 0.1) is 0 Å². The molecule has 0 saturated carbocycles. The second-order valence-corrected chi connectivity index (χ2v) is 8.64. The number of aliphatic carboxylic acids is 3. The lowest BCUT2D eigenvalue weighted by atomic mass is 10.1. The van der Waals surface area contributed by atoms with Crippen molar-refractivity contribution in [3.05, 3.63) is 12.2 Å². The van der Waals surface area contributed by atoms with Crippen LogP contribution < -0.4 is 5.11 Å². The van der Waals surface area contributed by atoms with Crippen LogP contribution in [0.1, 0.15) is 96.8 Å². The second-order valence-electron chi connectivity index (χ2n) is 8.64. The summed E-state index contributed by atoms with van der Waals surface area (Å²) in [6.07, 6.45) is 20.5. The fraction of sp³-hybridized carbons (Fsp3) is 0.792. The number of carboxylic acid groups (broad SMARTS) is 3. The Hall–Kier alpha value is -1.89. The molecule has 0 spiro atoms. The molecule has 0 aliphatic heterocycles. The van der Waals surface area contributed by atoms with Gasteiger partial charge in [0.25, 0.3) is 0 Å². The number of unbranched alkanes of at least 4 members (excludes halogenated alkanes) is 12. The molecule has 0 saturated heterocycles. The first-order valence-corrected chi connectivity index (χ1v) is 11.9. The topological polar surface area (TPSA) is 115 Å². The molecule has 0 aromatic heterocycles. The Morgan fingerprint density at radius 3 is 1.52 bits per heavy atom. The molecular formula is C24H43NO6. The lowest BCUT2D eigenvalue weighted by molar-refractivity contribution is -0.909. The molecular weight excluding hydrogens is 398 g/mol. The normalized spacial score (nSPS) is 11.8. The summed E-state index contributed by atoms with van der Waals surface area (Å²) in [5.74, 6) is -3.82. The largest absolute Gasteiger partial charge is 0.544 e. The summed E-state index contributed by atoms with van der Waals surface area (Å²) in [6, 6.07) is 0. The van der Waals surface area contributed by atoms with Gasteiger partial charge >= 0.3 is 11.9 Å². The molecule has 0 unspecified atom stereocenters. The zero-order valence-corrected chi connectivity index (χ0v) is 19.4. The van der Waals surface area contributed by atoms with Crippen molar-refractivity contribution >= 4 is 17.9 Å². The lowest BCUT2D eigenvalue weighted by Crippen LogP contribution is -2.59. The van der Waals surface area contributed by atoms with Gasteiger partial charge in [-0.3, -0.25) is 0 Å². The van der Waals surface area contributed by atoms with Crippen LogP contribution in [-0.4, -0.2) is 58.8 Å². The highest BCUT2D eigenvalue weighted by molar-refractivity contribution is 5.72. The molecule has 0 aromatic rings. The number of quaternary nitrogens is 1. The number of carbonyl (C=O) groups excluding carboxylic acids is 1. The molecule has 0 amide bonds. The van der Waals surface area contributed by atoms with E-state index in [1.807, 2.05) is 0 Å². The van der Waals surface area contributed by atoms with Crippen LogP contribution in [0.3, 0.4) is 0 Å². The highest BCUT2D eigenvalue weighted by Crippen LogP contribution is 2.14. The van der Waals surface area contributed by atoms with E-state index in [0.29, 0.717) is 6.42 Å². The van der Waals surface area contributed by atoms with Gasteiger partial charge in [-0.15, -0.1) is 0 Å². The summed E-state index contributed by atoms with van der Waals surface area (Å²) in [4.78, 5) is 33.3. The highest BCUT2D eigenvalue weighted by Gasteiger charge is 2.33. The molecule has 0 bridgehead atoms. The molecule has 31 heavy (non-hydrogen) atoms. The first kappa shape index (κ1) is 29.1. The van der Waals surface area contributed by atoms with Crippen molar-refractivity contribution < 1.29 is 34.2 Å². The van der Waals surface area contributed by atoms with Gasteiger partial charge in [0.05, 0.1) is 12.5 Å². The molecule has 0 atom stereocenters. The van der Waals surface area contributed by atoms with Gasteiger partial charge in [0, 0.05) is 0 Å². The molecule has 0 radical (unpaired) electrons. The van der Waals surface area contributed by atoms with E-state index >= 15 is 0 Å². The number of carbonyl (C=O) groups is 3. The number of carboxylic acids is 3. The van der Waals surface area contributed by atoms with Crippen molar-refractivity contribution in [2.75, 3.05) is 26.2 Å². The summed E-state index contributed by atoms with van der Waals surface area (Å²) in [5.41, 5.74) is 0. The van der Waals surface area contributed by atoms with E-state index in [9.17, 15) is 19.5 Å². The Kier molecular flexibility index (Phi) is 17.7. The minimum absolute atomic E-state index is 0.218. The van der Waals surface area contributed by atoms with Crippen LogP contribution in [0.5, 0.6) is 0 Å². The number of nitrogens with zero attached hydrogens (tertiary/aromatic N) is 1. The Morgan fingerprint density at radius 2 is 1.10 bits per heavy atom. The number of hydrogen-bond donors (Lipinski definition) is 2. The minimum atomic E-state index is -1.42. The average Bonchev–Trinajstić information content (AvgIpc) is 2.66. The summed E-state index contributed by atoms with van der Waals surface area (Å²) in [5, 5.41) is 29.2. The van der Waals surface area contributed by atoms with Gasteiger partial charge in [-0.2, -0.15) is 0 Å². The maximum atomic E-state index is 11.1. The molecule has 0 fully saturated rings. The lowest BCUT2D eigenvalue weighted by Gasteiger charge is -2.36. The maximum absolute atomic E-state index is 11.1. The quantitative estimate of drug-likeness (QED) is 0.150. The monoisotopic (exact) mass is 441 g/mol. The zero-order valence-electron chi connectivity index (χ0n) is 19.4. The number of hydrogen-bond acceptors (Lipinski definition) is 4. The Balaban J connectivity index is 3.91. The Morgan fingerprint density at radius 1 is 0.677 bits per heavy atom. The summed E-state index contributed by atoms with van der Waals surface area (Å²) >= 11 is 0. The SMILES string of the molecule is CCCCCCC/C=C/CCCCCCCCC[N+](CC(=O)[O-])(CC(=O)O)CC(=O)O. The van der Waals surface area contributed by atoms with Gasteiger partial charge in [-0.1, -0.05) is 70.4 Å². The van der Waals surface area contributed by atoms with E-state index in [0.717, 1.165) is 32.1 Å². The molecule has 0 heterocycles. The van der Waals surface area contributed by atoms with Gasteiger partial charge in [-0.25, -0.2) is 9.59 Å². The Bertz CT molecular complexity index is 491. The highest BCUT2D eigenvalue weighted by atomic mass is 16.4. The van der Waals surface area contributed by atoms with E-state index in [-0.39, 0.29) is 6.54 Å². The predicted molar refractivity (Wildman–Crippen MR) is 119 cm³/mol. The van der Waals surface area contributed by atoms with Gasteiger partial charge in [-0.05, 0) is 38.5 Å². The molecule has 7 nitrogen and oxygen atoms in total. The zero-order chi connectivity index (χ0) is 23.4. The molecule has 0 aliphatic rings.